The number of amides is 1. The van der Waals surface area contributed by atoms with Crippen molar-refractivity contribution in [2.24, 2.45) is 0 Å². The largest absolute Gasteiger partial charge is 0.497 e. The molecular weight excluding hydrogens is 728 g/mol. The number of anilines is 4. The molecule has 4 rings (SSSR count). The van der Waals surface area contributed by atoms with Crippen molar-refractivity contribution >= 4 is 61.6 Å². The Hall–Kier alpha value is -4.61. The molecule has 18 heteroatoms. The van der Waals surface area contributed by atoms with E-state index in [1.807, 2.05) is 6.92 Å². The molecule has 0 unspecified atom stereocenters. The number of carbonyl (C=O) groups excluding carboxylic acids is 1. The monoisotopic (exact) mass is 767 g/mol. The van der Waals surface area contributed by atoms with Gasteiger partial charge in [0.15, 0.2) is 0 Å². The number of benzene rings is 3. The first-order valence-corrected chi connectivity index (χ1v) is 18.2. The predicted molar refractivity (Wildman–Crippen MR) is 195 cm³/mol. The van der Waals surface area contributed by atoms with E-state index >= 15 is 8.78 Å². The minimum atomic E-state index is -4.56. The highest BCUT2D eigenvalue weighted by Gasteiger charge is 2.28. The maximum Gasteiger partial charge on any atom is 0.410 e. The molecule has 276 valence electrons. The van der Waals surface area contributed by atoms with Crippen LogP contribution in [-0.4, -0.2) is 68.2 Å². The highest BCUT2D eigenvalue weighted by atomic mass is 35.5. The summed E-state index contributed by atoms with van der Waals surface area (Å²) in [4.78, 5) is 18.1. The lowest BCUT2D eigenvalue weighted by Gasteiger charge is -2.27. The standard InChI is InChI=1S/C33H40ClF2N7O6S2/c1-7-42(32(44)49-33(2,3)4)13-12-37-27-14-23(34)10-8-21(27)18-38-28-16-26(36)29(17-25(28)35)41-51(45,46)43(31-39-20-40-50-31)19-22-9-11-24(47-5)15-30(22)48-6/h8-11,14-17,20,37-38,41H,7,12-13,18-19H2,1-6H3. The number of halogens is 3. The zero-order valence-corrected chi connectivity index (χ0v) is 31.3. The van der Waals surface area contributed by atoms with Crippen LogP contribution in [0.2, 0.25) is 5.02 Å². The van der Waals surface area contributed by atoms with Gasteiger partial charge in [-0.05, 0) is 57.5 Å². The molecule has 0 saturated heterocycles. The van der Waals surface area contributed by atoms with Crippen molar-refractivity contribution in [2.75, 3.05) is 53.5 Å². The average Bonchev–Trinajstić information content (AvgIpc) is 3.60. The van der Waals surface area contributed by atoms with E-state index in [2.05, 4.69) is 24.7 Å². The van der Waals surface area contributed by atoms with Gasteiger partial charge in [0.05, 0.1) is 32.1 Å². The van der Waals surface area contributed by atoms with E-state index in [1.165, 1.54) is 20.5 Å². The molecule has 0 radical (unpaired) electrons. The summed E-state index contributed by atoms with van der Waals surface area (Å²) in [6.07, 6.45) is 0.744. The summed E-state index contributed by atoms with van der Waals surface area (Å²) in [5, 5.41) is 6.54. The van der Waals surface area contributed by atoms with Crippen LogP contribution in [0, 0.1) is 11.6 Å². The SMILES string of the molecule is CCN(CCNc1cc(Cl)ccc1CNc1cc(F)c(NS(=O)(=O)N(Cc2ccc(OC)cc2OC)c2ncns2)cc1F)C(=O)OC(C)(C)C. The maximum atomic E-state index is 15.4. The Bertz CT molecular complexity index is 1910. The molecule has 0 aliphatic carbocycles. The van der Waals surface area contributed by atoms with Crippen LogP contribution in [0.1, 0.15) is 38.8 Å². The zero-order chi connectivity index (χ0) is 37.3. The molecule has 1 amide bonds. The molecule has 1 aromatic heterocycles. The highest BCUT2D eigenvalue weighted by molar-refractivity contribution is 7.94. The van der Waals surface area contributed by atoms with Gasteiger partial charge in [0.2, 0.25) is 5.13 Å². The summed E-state index contributed by atoms with van der Waals surface area (Å²) in [5.41, 5.74) is 0.284. The second-order valence-corrected chi connectivity index (χ2v) is 14.8. The molecule has 3 N–H and O–H groups in total. The fraction of sp³-hybridized carbons (Fsp3) is 0.364. The first kappa shape index (κ1) is 39.2. The molecule has 13 nitrogen and oxygen atoms in total. The van der Waals surface area contributed by atoms with Crippen molar-refractivity contribution < 1.29 is 36.2 Å². The lowest BCUT2D eigenvalue weighted by Crippen LogP contribution is -2.39. The second-order valence-electron chi connectivity index (χ2n) is 12.0. The number of nitrogens with one attached hydrogen (secondary N) is 3. The first-order chi connectivity index (χ1) is 24.1. The average molecular weight is 768 g/mol. The Kier molecular flexibility index (Phi) is 13.1. The number of nitrogens with zero attached hydrogens (tertiary/aromatic N) is 4. The smallest absolute Gasteiger partial charge is 0.410 e. The number of likely N-dealkylation sites (N-methyl/N-ethyl adjacent to an activating group) is 1. The van der Waals surface area contributed by atoms with Crippen LogP contribution in [-0.2, 0) is 28.0 Å². The number of ether oxygens (including phenoxy) is 3. The molecule has 1 heterocycles. The normalized spacial score (nSPS) is 11.5. The van der Waals surface area contributed by atoms with Crippen LogP contribution in [0.5, 0.6) is 11.5 Å². The molecule has 4 aromatic rings. The van der Waals surface area contributed by atoms with Crippen molar-refractivity contribution in [1.29, 1.82) is 0 Å². The summed E-state index contributed by atoms with van der Waals surface area (Å²) >= 11 is 7.04. The van der Waals surface area contributed by atoms with Crippen molar-refractivity contribution in [3.05, 3.63) is 82.6 Å². The molecule has 51 heavy (non-hydrogen) atoms. The maximum absolute atomic E-state index is 15.4. The molecule has 0 saturated carbocycles. The van der Waals surface area contributed by atoms with E-state index in [9.17, 15) is 13.2 Å². The van der Waals surface area contributed by atoms with Gasteiger partial charge in [-0.25, -0.2) is 22.9 Å². The second kappa shape index (κ2) is 17.1. The minimum Gasteiger partial charge on any atom is -0.497 e. The predicted octanol–water partition coefficient (Wildman–Crippen LogP) is 7.13. The van der Waals surface area contributed by atoms with E-state index in [0.717, 1.165) is 28.0 Å². The molecule has 0 aliphatic rings. The highest BCUT2D eigenvalue weighted by Crippen LogP contribution is 2.32. The summed E-state index contributed by atoms with van der Waals surface area (Å²) in [6.45, 7) is 8.15. The van der Waals surface area contributed by atoms with Crippen LogP contribution in [0.15, 0.2) is 54.9 Å². The van der Waals surface area contributed by atoms with Gasteiger partial charge >= 0.3 is 16.3 Å². The van der Waals surface area contributed by atoms with Gasteiger partial charge in [-0.1, -0.05) is 17.7 Å². The van der Waals surface area contributed by atoms with Gasteiger partial charge in [-0.2, -0.15) is 12.8 Å². The van der Waals surface area contributed by atoms with Crippen molar-refractivity contribution in [3.8, 4) is 11.5 Å². The number of rotatable bonds is 16. The Balaban J connectivity index is 1.48. The summed E-state index contributed by atoms with van der Waals surface area (Å²) in [7, 11) is -1.66. The van der Waals surface area contributed by atoms with E-state index in [-0.39, 0.29) is 23.9 Å². The molecule has 0 bridgehead atoms. The third-order valence-electron chi connectivity index (χ3n) is 7.23. The van der Waals surface area contributed by atoms with Crippen molar-refractivity contribution in [2.45, 2.75) is 46.4 Å². The van der Waals surface area contributed by atoms with Gasteiger partial charge in [-0.3, -0.25) is 4.72 Å². The number of hydrogen-bond acceptors (Lipinski definition) is 11. The number of aromatic nitrogens is 2. The molecule has 0 atom stereocenters. The van der Waals surface area contributed by atoms with Gasteiger partial charge in [0, 0.05) is 72.2 Å². The number of hydrogen-bond donors (Lipinski definition) is 3. The third-order valence-corrected chi connectivity index (χ3v) is 9.63. The Morgan fingerprint density at radius 3 is 2.31 bits per heavy atom. The van der Waals surface area contributed by atoms with Gasteiger partial charge in [0.25, 0.3) is 0 Å². The lowest BCUT2D eigenvalue weighted by molar-refractivity contribution is 0.0267. The number of carbonyl (C=O) groups is 1. The molecule has 0 spiro atoms. The third kappa shape index (κ3) is 10.7. The zero-order valence-electron chi connectivity index (χ0n) is 28.9. The van der Waals surface area contributed by atoms with E-state index in [4.69, 9.17) is 25.8 Å². The van der Waals surface area contributed by atoms with Crippen molar-refractivity contribution in [3.63, 3.8) is 0 Å². The van der Waals surface area contributed by atoms with E-state index < -0.39 is 39.2 Å². The quantitative estimate of drug-likeness (QED) is 0.108. The minimum absolute atomic E-state index is 0.0147. The molecule has 0 aliphatic heterocycles. The summed E-state index contributed by atoms with van der Waals surface area (Å²) in [5.74, 6) is -1.10. The van der Waals surface area contributed by atoms with Crippen LogP contribution in [0.25, 0.3) is 0 Å². The topological polar surface area (TPSA) is 147 Å². The Morgan fingerprint density at radius 2 is 1.67 bits per heavy atom. The van der Waals surface area contributed by atoms with Crippen LogP contribution in [0.4, 0.5) is 35.8 Å². The van der Waals surface area contributed by atoms with Gasteiger partial charge in [0.1, 0.15) is 35.1 Å². The van der Waals surface area contributed by atoms with E-state index in [0.29, 0.717) is 53.0 Å². The van der Waals surface area contributed by atoms with Gasteiger partial charge in [-0.15, -0.1) is 0 Å². The first-order valence-electron chi connectivity index (χ1n) is 15.6. The molecule has 3 aromatic carbocycles. The molecule has 0 fully saturated rings. The number of methoxy groups -OCH3 is 2. The summed E-state index contributed by atoms with van der Waals surface area (Å²) < 4.78 is 81.0. The summed E-state index contributed by atoms with van der Waals surface area (Å²) in [6, 6.07) is 11.5. The fourth-order valence-electron chi connectivity index (χ4n) is 4.71. The van der Waals surface area contributed by atoms with E-state index in [1.54, 1.807) is 62.1 Å². The Labute approximate surface area is 305 Å². The lowest BCUT2D eigenvalue weighted by atomic mass is 10.1. The Morgan fingerprint density at radius 1 is 0.961 bits per heavy atom. The van der Waals surface area contributed by atoms with Crippen molar-refractivity contribution in [1.82, 2.24) is 14.3 Å². The van der Waals surface area contributed by atoms with Crippen LogP contribution >= 0.6 is 23.1 Å². The van der Waals surface area contributed by atoms with Gasteiger partial charge < -0.3 is 29.7 Å². The molecular formula is C33H40ClF2N7O6S2. The van der Waals surface area contributed by atoms with Crippen LogP contribution < -0.4 is 29.1 Å². The van der Waals surface area contributed by atoms with Crippen LogP contribution in [0.3, 0.4) is 0 Å². The fourth-order valence-corrected chi connectivity index (χ4v) is 6.82.